The highest BCUT2D eigenvalue weighted by Gasteiger charge is 2.65. The van der Waals surface area contributed by atoms with Crippen LogP contribution in [0.2, 0.25) is 0 Å². The topological polar surface area (TPSA) is 104 Å². The number of hydrogen-bond donors (Lipinski definition) is 0. The lowest BCUT2D eigenvalue weighted by atomic mass is 10.2. The number of fused-ring (bicyclic) bond motifs is 1. The number of aromatic nitrogens is 3. The summed E-state index contributed by atoms with van der Waals surface area (Å²) >= 11 is 0. The van der Waals surface area contributed by atoms with Crippen molar-refractivity contribution >= 4 is 29.3 Å². The Labute approximate surface area is 192 Å². The third kappa shape index (κ3) is 3.17. The van der Waals surface area contributed by atoms with Crippen molar-refractivity contribution in [1.82, 2.24) is 25.0 Å². The molecule has 11 nitrogen and oxygen atoms in total. The number of amides is 3. The molecule has 1 aromatic carbocycles. The Kier molecular flexibility index (Phi) is 4.51. The molecule has 0 N–H and O–H groups in total. The first-order chi connectivity index (χ1) is 16.4. The minimum absolute atomic E-state index is 0.0613. The summed E-state index contributed by atoms with van der Waals surface area (Å²) in [4.78, 5) is 39.6. The molecule has 0 unspecified atom stereocenters. The van der Waals surface area contributed by atoms with Crippen LogP contribution in [-0.4, -0.2) is 81.2 Å². The molecule has 0 radical (unpaired) electrons. The first-order valence-corrected chi connectivity index (χ1v) is 11.1. The van der Waals surface area contributed by atoms with Gasteiger partial charge in [-0.25, -0.2) is 28.3 Å². The van der Waals surface area contributed by atoms with E-state index in [-0.39, 0.29) is 74.8 Å². The number of carbonyl (C=O) groups excluding carboxylic acids is 3. The van der Waals surface area contributed by atoms with Crippen LogP contribution in [0.25, 0.3) is 0 Å². The summed E-state index contributed by atoms with van der Waals surface area (Å²) in [5, 5.41) is 10.4. The lowest BCUT2D eigenvalue weighted by Gasteiger charge is -2.36. The largest absolute Gasteiger partial charge is 0.438 e. The van der Waals surface area contributed by atoms with E-state index < -0.39 is 23.3 Å². The summed E-state index contributed by atoms with van der Waals surface area (Å²) in [6.45, 7) is 0.770. The van der Waals surface area contributed by atoms with E-state index in [1.54, 1.807) is 10.9 Å². The van der Waals surface area contributed by atoms with Gasteiger partial charge in [-0.15, -0.1) is 5.10 Å². The second-order valence-electron chi connectivity index (χ2n) is 8.90. The van der Waals surface area contributed by atoms with Crippen LogP contribution in [0, 0.1) is 11.6 Å². The smallest absolute Gasteiger partial charge is 0.415 e. The number of nitrogens with zero attached hydrogens (tertiary/aromatic N) is 7. The van der Waals surface area contributed by atoms with Gasteiger partial charge < -0.3 is 9.64 Å². The van der Waals surface area contributed by atoms with Crippen LogP contribution in [0.15, 0.2) is 24.5 Å². The maximum absolute atomic E-state index is 15.2. The monoisotopic (exact) mass is 473 g/mol. The Bertz CT molecular complexity index is 1140. The quantitative estimate of drug-likeness (QED) is 0.657. The molecule has 4 aliphatic rings. The molecule has 1 saturated carbocycles. The van der Waals surface area contributed by atoms with Crippen molar-refractivity contribution in [3.05, 3.63) is 36.2 Å². The van der Waals surface area contributed by atoms with Crippen LogP contribution in [0.1, 0.15) is 25.3 Å². The third-order valence-electron chi connectivity index (χ3n) is 6.90. The standard InChI is InChI=1S/C21H21F2N7O4/c22-14-9-13(27-12-21(34-20(27)33)11-16(21)28-4-3-24-25-28)10-15(23)19(14)26-5-7-29-17(31)1-2-18(32)30(29)8-6-26/h3-4,9-10,16H,1-2,5-8,11-12H2/t16-,21-/m0/s1. The highest BCUT2D eigenvalue weighted by molar-refractivity contribution is 5.91. The van der Waals surface area contributed by atoms with E-state index >= 15 is 8.78 Å². The van der Waals surface area contributed by atoms with Gasteiger partial charge in [0.25, 0.3) is 0 Å². The van der Waals surface area contributed by atoms with Crippen molar-refractivity contribution in [3.8, 4) is 0 Å². The van der Waals surface area contributed by atoms with Crippen LogP contribution >= 0.6 is 0 Å². The summed E-state index contributed by atoms with van der Waals surface area (Å²) in [5.41, 5.74) is -0.982. The predicted octanol–water partition coefficient (Wildman–Crippen LogP) is 1.08. The van der Waals surface area contributed by atoms with Crippen LogP contribution in [-0.2, 0) is 14.3 Å². The van der Waals surface area contributed by atoms with E-state index in [0.717, 1.165) is 12.1 Å². The molecule has 4 fully saturated rings. The molecule has 1 aliphatic carbocycles. The van der Waals surface area contributed by atoms with Crippen LogP contribution < -0.4 is 9.80 Å². The highest BCUT2D eigenvalue weighted by Crippen LogP contribution is 2.54. The zero-order chi connectivity index (χ0) is 23.6. The fraction of sp³-hybridized carbons (Fsp3) is 0.476. The Morgan fingerprint density at radius 2 is 1.62 bits per heavy atom. The van der Waals surface area contributed by atoms with Crippen molar-refractivity contribution in [2.75, 3.05) is 42.5 Å². The molecule has 6 rings (SSSR count). The summed E-state index contributed by atoms with van der Waals surface area (Å²) in [5.74, 6) is -2.02. The van der Waals surface area contributed by atoms with E-state index in [9.17, 15) is 14.4 Å². The lowest BCUT2D eigenvalue weighted by molar-refractivity contribution is -0.169. The second-order valence-corrected chi connectivity index (χ2v) is 8.90. The Hall–Kier alpha value is -3.77. The van der Waals surface area contributed by atoms with Crippen molar-refractivity contribution in [2.24, 2.45) is 0 Å². The number of ether oxygens (including phenoxy) is 1. The normalized spacial score (nSPS) is 26.8. The molecule has 3 saturated heterocycles. The van der Waals surface area contributed by atoms with Gasteiger partial charge in [0.05, 0.1) is 37.6 Å². The molecule has 2 aromatic rings. The highest BCUT2D eigenvalue weighted by atomic mass is 19.1. The third-order valence-corrected chi connectivity index (χ3v) is 6.90. The predicted molar refractivity (Wildman–Crippen MR) is 111 cm³/mol. The number of rotatable bonds is 3. The van der Waals surface area contributed by atoms with Crippen molar-refractivity contribution < 1.29 is 27.9 Å². The average molecular weight is 473 g/mol. The lowest BCUT2D eigenvalue weighted by Crippen LogP contribution is -2.53. The van der Waals surface area contributed by atoms with E-state index in [4.69, 9.17) is 4.74 Å². The molecular weight excluding hydrogens is 452 g/mol. The fourth-order valence-corrected chi connectivity index (χ4v) is 5.06. The van der Waals surface area contributed by atoms with E-state index in [0.29, 0.717) is 6.42 Å². The first kappa shape index (κ1) is 20.8. The van der Waals surface area contributed by atoms with Crippen LogP contribution in [0.5, 0.6) is 0 Å². The van der Waals surface area contributed by atoms with Crippen LogP contribution in [0.3, 0.4) is 0 Å². The van der Waals surface area contributed by atoms with Crippen molar-refractivity contribution in [2.45, 2.75) is 30.9 Å². The Morgan fingerprint density at radius 3 is 2.21 bits per heavy atom. The second kappa shape index (κ2) is 7.37. The van der Waals surface area contributed by atoms with Gasteiger partial charge in [0.15, 0.2) is 17.2 Å². The Morgan fingerprint density at radius 1 is 0.971 bits per heavy atom. The molecule has 3 aliphatic heterocycles. The summed E-state index contributed by atoms with van der Waals surface area (Å²) in [6, 6.07) is 2.05. The van der Waals surface area contributed by atoms with E-state index in [2.05, 4.69) is 10.3 Å². The zero-order valence-corrected chi connectivity index (χ0v) is 18.1. The van der Waals surface area contributed by atoms with Gasteiger partial charge in [-0.2, -0.15) is 0 Å². The molecule has 4 heterocycles. The molecule has 1 aromatic heterocycles. The Balaban J connectivity index is 1.22. The van der Waals surface area contributed by atoms with E-state index in [1.807, 2.05) is 0 Å². The number of hydrazine groups is 1. The van der Waals surface area contributed by atoms with Gasteiger partial charge in [0.2, 0.25) is 11.8 Å². The zero-order valence-electron chi connectivity index (χ0n) is 18.1. The number of anilines is 2. The van der Waals surface area contributed by atoms with Gasteiger partial charge in [-0.3, -0.25) is 14.5 Å². The molecule has 3 amide bonds. The van der Waals surface area contributed by atoms with Gasteiger partial charge in [-0.05, 0) is 0 Å². The maximum atomic E-state index is 15.2. The molecule has 1 spiro atoms. The first-order valence-electron chi connectivity index (χ1n) is 11.1. The summed E-state index contributed by atoms with van der Waals surface area (Å²) in [6.07, 6.45) is 3.35. The SMILES string of the molecule is O=C1O[C@@]2(C[C@@H]2n2ccnn2)CN1c1cc(F)c(N2CCN3C(=O)CCC(=O)N3CC2)c(F)c1. The minimum atomic E-state index is -0.833. The van der Waals surface area contributed by atoms with Gasteiger partial charge in [0, 0.05) is 50.7 Å². The molecule has 2 atom stereocenters. The average Bonchev–Trinajstić information content (AvgIpc) is 3.12. The molecule has 13 heteroatoms. The maximum Gasteiger partial charge on any atom is 0.415 e. The molecular formula is C21H21F2N7O4. The fourth-order valence-electron chi connectivity index (χ4n) is 5.06. The number of hydrogen-bond acceptors (Lipinski definition) is 7. The number of carbonyl (C=O) groups is 3. The van der Waals surface area contributed by atoms with Gasteiger partial charge in [0.1, 0.15) is 5.69 Å². The van der Waals surface area contributed by atoms with Crippen LogP contribution in [0.4, 0.5) is 25.0 Å². The molecule has 34 heavy (non-hydrogen) atoms. The summed E-state index contributed by atoms with van der Waals surface area (Å²) < 4.78 is 37.6. The van der Waals surface area contributed by atoms with Gasteiger partial charge >= 0.3 is 6.09 Å². The minimum Gasteiger partial charge on any atom is -0.438 e. The van der Waals surface area contributed by atoms with E-state index in [1.165, 1.54) is 26.0 Å². The van der Waals surface area contributed by atoms with Crippen molar-refractivity contribution in [1.29, 1.82) is 0 Å². The number of halogens is 2. The number of benzene rings is 1. The summed E-state index contributed by atoms with van der Waals surface area (Å²) in [7, 11) is 0. The van der Waals surface area contributed by atoms with Gasteiger partial charge in [-0.1, -0.05) is 5.21 Å². The van der Waals surface area contributed by atoms with Crippen molar-refractivity contribution in [3.63, 3.8) is 0 Å². The molecule has 0 bridgehead atoms. The molecule has 178 valence electrons.